The summed E-state index contributed by atoms with van der Waals surface area (Å²) in [4.78, 5) is 17.2. The van der Waals surface area contributed by atoms with Gasteiger partial charge in [0.25, 0.3) is 0 Å². The molecule has 0 saturated heterocycles. The van der Waals surface area contributed by atoms with Crippen molar-refractivity contribution in [2.24, 2.45) is 0 Å². The number of methoxy groups -OCH3 is 1. The van der Waals surface area contributed by atoms with Crippen LogP contribution in [0.15, 0.2) is 54.7 Å². The highest BCUT2D eigenvalue weighted by atomic mass is 16.5. The number of esters is 1. The van der Waals surface area contributed by atoms with Gasteiger partial charge in [-0.3, -0.25) is 4.90 Å². The Morgan fingerprint density at radius 2 is 2.13 bits per heavy atom. The van der Waals surface area contributed by atoms with Crippen molar-refractivity contribution < 1.29 is 14.6 Å². The fourth-order valence-electron chi connectivity index (χ4n) is 4.68. The van der Waals surface area contributed by atoms with Crippen LogP contribution in [-0.2, 0) is 22.4 Å². The van der Waals surface area contributed by atoms with Gasteiger partial charge < -0.3 is 14.8 Å². The van der Waals surface area contributed by atoms with Crippen molar-refractivity contribution >= 4 is 22.9 Å². The normalized spacial score (nSPS) is 16.2. The van der Waals surface area contributed by atoms with Crippen LogP contribution in [0, 0.1) is 0 Å². The predicted octanol–water partition coefficient (Wildman–Crippen LogP) is 4.27. The minimum Gasteiger partial charge on any atom is -0.466 e. The van der Waals surface area contributed by atoms with Crippen molar-refractivity contribution in [3.8, 4) is 0 Å². The number of aliphatic hydroxyl groups is 1. The average Bonchev–Trinajstić information content (AvgIpc) is 3.22. The molecule has 1 heterocycles. The van der Waals surface area contributed by atoms with Gasteiger partial charge in [0.05, 0.1) is 13.7 Å². The maximum Gasteiger partial charge on any atom is 0.330 e. The molecule has 0 spiro atoms. The van der Waals surface area contributed by atoms with E-state index in [9.17, 15) is 9.90 Å². The molecule has 2 aromatic carbocycles. The molecule has 4 rings (SSSR count). The Morgan fingerprint density at radius 3 is 2.97 bits per heavy atom. The van der Waals surface area contributed by atoms with Crippen molar-refractivity contribution in [3.05, 3.63) is 77.0 Å². The van der Waals surface area contributed by atoms with E-state index in [4.69, 9.17) is 0 Å². The molecule has 0 amide bonds. The number of nitrogens with zero attached hydrogens (tertiary/aromatic N) is 1. The van der Waals surface area contributed by atoms with E-state index in [2.05, 4.69) is 57.2 Å². The smallest absolute Gasteiger partial charge is 0.330 e. The van der Waals surface area contributed by atoms with Crippen LogP contribution in [0.2, 0.25) is 0 Å². The molecule has 1 aliphatic rings. The maximum atomic E-state index is 11.4. The van der Waals surface area contributed by atoms with Crippen LogP contribution in [0.4, 0.5) is 0 Å². The third kappa shape index (κ3) is 4.89. The number of aromatic amines is 1. The molecule has 2 N–H and O–H groups in total. The minimum absolute atomic E-state index is 0.152. The Kier molecular flexibility index (Phi) is 6.85. The van der Waals surface area contributed by atoms with Gasteiger partial charge in [-0.2, -0.15) is 0 Å². The molecule has 3 aromatic rings. The molecule has 5 nitrogen and oxygen atoms in total. The zero-order chi connectivity index (χ0) is 21.6. The largest absolute Gasteiger partial charge is 0.466 e. The van der Waals surface area contributed by atoms with Crippen LogP contribution in [0.5, 0.6) is 0 Å². The third-order valence-electron chi connectivity index (χ3n) is 6.23. The highest BCUT2D eigenvalue weighted by Crippen LogP contribution is 2.35. The molecule has 1 atom stereocenters. The van der Waals surface area contributed by atoms with E-state index in [0.717, 1.165) is 37.8 Å². The van der Waals surface area contributed by atoms with Crippen LogP contribution in [0.3, 0.4) is 0 Å². The molecule has 5 heteroatoms. The summed E-state index contributed by atoms with van der Waals surface area (Å²) in [6, 6.07) is 15.1. The van der Waals surface area contributed by atoms with Crippen LogP contribution < -0.4 is 0 Å². The van der Waals surface area contributed by atoms with E-state index >= 15 is 0 Å². The molecule has 1 aliphatic carbocycles. The number of carbonyl (C=O) groups excluding carboxylic acids is 1. The van der Waals surface area contributed by atoms with E-state index in [0.29, 0.717) is 12.6 Å². The molecule has 0 fully saturated rings. The van der Waals surface area contributed by atoms with Gasteiger partial charge in [-0.05, 0) is 60.1 Å². The molecule has 1 aromatic heterocycles. The lowest BCUT2D eigenvalue weighted by Gasteiger charge is -2.36. The van der Waals surface area contributed by atoms with Crippen molar-refractivity contribution in [2.75, 3.05) is 26.8 Å². The number of benzene rings is 2. The van der Waals surface area contributed by atoms with Crippen LogP contribution in [0.1, 0.15) is 41.1 Å². The van der Waals surface area contributed by atoms with E-state index < -0.39 is 0 Å². The van der Waals surface area contributed by atoms with Gasteiger partial charge >= 0.3 is 5.97 Å². The number of carbonyl (C=O) groups is 1. The zero-order valence-corrected chi connectivity index (χ0v) is 18.0. The average molecular weight is 419 g/mol. The molecular formula is C26H30N2O3. The number of nitrogens with one attached hydrogen (secondary N) is 1. The van der Waals surface area contributed by atoms with Gasteiger partial charge in [0.1, 0.15) is 0 Å². The number of aryl methyl sites for hydroxylation is 1. The van der Waals surface area contributed by atoms with Crippen molar-refractivity contribution in [1.29, 1.82) is 0 Å². The Morgan fingerprint density at radius 1 is 1.26 bits per heavy atom. The molecule has 0 saturated carbocycles. The summed E-state index contributed by atoms with van der Waals surface area (Å²) < 4.78 is 4.69. The number of hydrogen-bond acceptors (Lipinski definition) is 4. The molecule has 0 aliphatic heterocycles. The van der Waals surface area contributed by atoms with Crippen molar-refractivity contribution in [2.45, 2.75) is 31.7 Å². The predicted molar refractivity (Wildman–Crippen MR) is 124 cm³/mol. The lowest BCUT2D eigenvalue weighted by Crippen LogP contribution is -2.35. The van der Waals surface area contributed by atoms with E-state index in [1.54, 1.807) is 6.08 Å². The summed E-state index contributed by atoms with van der Waals surface area (Å²) in [6.07, 6.45) is 9.57. The first kappa shape index (κ1) is 21.3. The number of fused-ring (bicyclic) bond motifs is 2. The monoisotopic (exact) mass is 418 g/mol. The van der Waals surface area contributed by atoms with Gasteiger partial charge in [-0.25, -0.2) is 4.79 Å². The zero-order valence-electron chi connectivity index (χ0n) is 18.0. The Labute approximate surface area is 183 Å². The van der Waals surface area contributed by atoms with Gasteiger partial charge in [0.2, 0.25) is 0 Å². The summed E-state index contributed by atoms with van der Waals surface area (Å²) in [5.74, 6) is -0.345. The van der Waals surface area contributed by atoms with Gasteiger partial charge in [0, 0.05) is 42.3 Å². The fraction of sp³-hybridized carbons (Fsp3) is 0.346. The van der Waals surface area contributed by atoms with Crippen molar-refractivity contribution in [1.82, 2.24) is 9.88 Å². The third-order valence-corrected chi connectivity index (χ3v) is 6.23. The molecular weight excluding hydrogens is 388 g/mol. The first-order chi connectivity index (χ1) is 15.2. The summed E-state index contributed by atoms with van der Waals surface area (Å²) >= 11 is 0. The van der Waals surface area contributed by atoms with Crippen LogP contribution in [-0.4, -0.2) is 47.8 Å². The second-order valence-electron chi connectivity index (χ2n) is 8.09. The molecule has 0 bridgehead atoms. The second kappa shape index (κ2) is 9.94. The first-order valence-corrected chi connectivity index (χ1v) is 11.0. The van der Waals surface area contributed by atoms with Crippen LogP contribution >= 0.6 is 0 Å². The fourth-order valence-corrected chi connectivity index (χ4v) is 4.68. The summed E-state index contributed by atoms with van der Waals surface area (Å²) in [5, 5.41) is 11.0. The van der Waals surface area contributed by atoms with Crippen LogP contribution in [0.25, 0.3) is 17.0 Å². The van der Waals surface area contributed by atoms with Crippen molar-refractivity contribution in [3.63, 3.8) is 0 Å². The number of aliphatic hydroxyl groups excluding tert-OH is 1. The SMILES string of the molecule is COC(=O)/C=C/c1ccc2c(c1)CCCC2N(CCO)CCc1c[nH]c2ccccc12. The first-order valence-electron chi connectivity index (χ1n) is 11.0. The number of ether oxygens (including phenoxy) is 1. The van der Waals surface area contributed by atoms with E-state index in [-0.39, 0.29) is 12.6 Å². The highest BCUT2D eigenvalue weighted by Gasteiger charge is 2.26. The highest BCUT2D eigenvalue weighted by molar-refractivity contribution is 5.87. The summed E-state index contributed by atoms with van der Waals surface area (Å²) in [7, 11) is 1.39. The molecule has 0 radical (unpaired) electrons. The van der Waals surface area contributed by atoms with Gasteiger partial charge in [-0.1, -0.05) is 36.4 Å². The molecule has 31 heavy (non-hydrogen) atoms. The molecule has 162 valence electrons. The summed E-state index contributed by atoms with van der Waals surface area (Å²) in [5.41, 5.74) is 6.17. The van der Waals surface area contributed by atoms with E-state index in [1.807, 2.05) is 6.07 Å². The number of para-hydroxylation sites is 1. The number of hydrogen-bond donors (Lipinski definition) is 2. The lowest BCUT2D eigenvalue weighted by atomic mass is 9.85. The maximum absolute atomic E-state index is 11.4. The molecule has 1 unspecified atom stereocenters. The number of aromatic nitrogens is 1. The lowest BCUT2D eigenvalue weighted by molar-refractivity contribution is -0.134. The Balaban J connectivity index is 1.52. The standard InChI is InChI=1S/C26H30N2O3/c1-31-26(30)12-10-19-9-11-23-20(17-19)5-4-8-25(23)28(15-16-29)14-13-21-18-27-24-7-3-2-6-22(21)24/h2-3,6-7,9-12,17-18,25,27,29H,4-5,8,13-16H2,1H3/b12-10+. The Hall–Kier alpha value is -2.89. The second-order valence-corrected chi connectivity index (χ2v) is 8.09. The summed E-state index contributed by atoms with van der Waals surface area (Å²) in [6.45, 7) is 1.71. The number of H-pyrrole nitrogens is 1. The van der Waals surface area contributed by atoms with Gasteiger partial charge in [0.15, 0.2) is 0 Å². The number of rotatable bonds is 8. The Bertz CT molecular complexity index is 1070. The van der Waals surface area contributed by atoms with Gasteiger partial charge in [-0.15, -0.1) is 0 Å². The quantitative estimate of drug-likeness (QED) is 0.424. The minimum atomic E-state index is -0.345. The topological polar surface area (TPSA) is 65.6 Å². The van der Waals surface area contributed by atoms with E-state index in [1.165, 1.54) is 40.8 Å².